The number of aromatic nitrogens is 18. The fourth-order valence-corrected chi connectivity index (χ4v) is 16.9. The summed E-state index contributed by atoms with van der Waals surface area (Å²) >= 11 is 0. The van der Waals surface area contributed by atoms with Crippen molar-refractivity contribution in [2.75, 3.05) is 25.5 Å². The molecular formula is C116H96N20O9. The molecule has 23 rings (SSSR count). The maximum atomic E-state index is 13.3. The summed E-state index contributed by atoms with van der Waals surface area (Å²) < 4.78 is 8.06. The summed E-state index contributed by atoms with van der Waals surface area (Å²) in [6, 6.07) is 92.1. The molecule has 1 aliphatic rings. The number of H-pyrrole nitrogens is 1. The molecule has 145 heavy (non-hydrogen) atoms. The molecule has 29 heteroatoms. The van der Waals surface area contributed by atoms with E-state index in [1.165, 1.54) is 9.13 Å². The van der Waals surface area contributed by atoms with Gasteiger partial charge in [-0.2, -0.15) is 0 Å². The molecule has 4 N–H and O–H groups in total. The Bertz CT molecular complexity index is 8860. The Morgan fingerprint density at radius 2 is 0.759 bits per heavy atom. The molecule has 0 spiro atoms. The minimum absolute atomic E-state index is 0.0283. The number of amides is 1. The molecule has 0 aliphatic carbocycles. The Kier molecular flexibility index (Phi) is 29.5. The molecule has 29 nitrogen and oxygen atoms in total. The summed E-state index contributed by atoms with van der Waals surface area (Å²) in [6.45, 7) is 10.2. The first-order valence-electron chi connectivity index (χ1n) is 47.1. The van der Waals surface area contributed by atoms with Crippen molar-refractivity contribution < 1.29 is 15.0 Å². The summed E-state index contributed by atoms with van der Waals surface area (Å²) in [7, 11) is 2.00. The molecule has 22 aromatic rings. The molecule has 12 aromatic heterocycles. The van der Waals surface area contributed by atoms with Gasteiger partial charge < -0.3 is 25.4 Å². The van der Waals surface area contributed by atoms with Crippen LogP contribution in [0, 0.1) is 19.8 Å². The molecule has 10 aromatic carbocycles. The number of rotatable bonds is 17. The van der Waals surface area contributed by atoms with Crippen LogP contribution in [0.1, 0.15) is 49.8 Å². The molecule has 1 amide bonds. The minimum atomic E-state index is -0.187. The number of aromatic hydroxyl groups is 2. The highest BCUT2D eigenvalue weighted by atomic mass is 16.3. The van der Waals surface area contributed by atoms with Crippen LogP contribution in [0.3, 0.4) is 0 Å². The number of phenols is 2. The number of carbonyl (C=O) groups is 1. The zero-order valence-corrected chi connectivity index (χ0v) is 79.6. The van der Waals surface area contributed by atoms with E-state index in [4.69, 9.17) is 19.9 Å². The Morgan fingerprint density at radius 1 is 0.352 bits per heavy atom. The second kappa shape index (κ2) is 44.4. The largest absolute Gasteiger partial charge is 0.508 e. The van der Waals surface area contributed by atoms with Crippen LogP contribution in [0.15, 0.2) is 406 Å². The maximum Gasteiger partial charge on any atom is 0.266 e. The number of para-hydroxylation sites is 5. The normalized spacial score (nSPS) is 11.6. The van der Waals surface area contributed by atoms with Gasteiger partial charge in [-0.3, -0.25) is 86.3 Å². The van der Waals surface area contributed by atoms with Gasteiger partial charge in [0.05, 0.1) is 106 Å². The lowest BCUT2D eigenvalue weighted by Crippen LogP contribution is -2.49. The first-order valence-corrected chi connectivity index (χ1v) is 47.1. The molecule has 0 atom stereocenters. The number of nitrogens with one attached hydrogen (secondary N) is 2. The van der Waals surface area contributed by atoms with E-state index in [-0.39, 0.29) is 56.7 Å². The number of aryl methyl sites for hydroxylation is 3. The average molecular weight is 1910 g/mol. The zero-order valence-electron chi connectivity index (χ0n) is 79.6. The summed E-state index contributed by atoms with van der Waals surface area (Å²) in [5, 5.41) is 26.7. The summed E-state index contributed by atoms with van der Waals surface area (Å²) in [6.07, 6.45) is 24.0. The van der Waals surface area contributed by atoms with Crippen LogP contribution in [-0.2, 0) is 17.8 Å². The van der Waals surface area contributed by atoms with Gasteiger partial charge in [0.2, 0.25) is 5.91 Å². The van der Waals surface area contributed by atoms with Crippen LogP contribution in [0.2, 0.25) is 0 Å². The van der Waals surface area contributed by atoms with E-state index in [0.29, 0.717) is 125 Å². The van der Waals surface area contributed by atoms with E-state index < -0.39 is 0 Å². The third-order valence-electron chi connectivity index (χ3n) is 24.4. The van der Waals surface area contributed by atoms with Crippen molar-refractivity contribution in [3.05, 3.63) is 456 Å². The molecule has 1 fully saturated rings. The number of hydrogen-bond donors (Lipinski definition) is 4. The van der Waals surface area contributed by atoms with Crippen LogP contribution >= 0.6 is 0 Å². The van der Waals surface area contributed by atoms with Gasteiger partial charge in [-0.25, -0.2) is 29.9 Å². The number of phenolic OH excluding ortho intramolecular Hbond substituents is 2. The van der Waals surface area contributed by atoms with Gasteiger partial charge in [-0.15, -0.1) is 0 Å². The minimum Gasteiger partial charge on any atom is -0.508 e. The van der Waals surface area contributed by atoms with Crippen LogP contribution in [0.4, 0.5) is 5.69 Å². The monoisotopic (exact) mass is 1910 g/mol. The van der Waals surface area contributed by atoms with Gasteiger partial charge in [0.25, 0.3) is 33.4 Å². The van der Waals surface area contributed by atoms with Gasteiger partial charge in [0.1, 0.15) is 46.4 Å². The summed E-state index contributed by atoms with van der Waals surface area (Å²) in [5.41, 5.74) is 14.0. The second-order valence-corrected chi connectivity index (χ2v) is 34.3. The third kappa shape index (κ3) is 21.6. The zero-order chi connectivity index (χ0) is 100. The number of carbonyl (C=O) groups excluding carboxylic acids is 1. The van der Waals surface area contributed by atoms with Crippen molar-refractivity contribution in [2.45, 2.75) is 59.9 Å². The lowest BCUT2D eigenvalue weighted by Gasteiger charge is -2.34. The van der Waals surface area contributed by atoms with E-state index in [1.807, 2.05) is 264 Å². The first kappa shape index (κ1) is 96.2. The van der Waals surface area contributed by atoms with Gasteiger partial charge in [0, 0.05) is 133 Å². The number of pyridine rings is 6. The number of fused-ring (bicyclic) bond motifs is 6. The summed E-state index contributed by atoms with van der Waals surface area (Å²) in [5.74, 6) is 3.73. The van der Waals surface area contributed by atoms with E-state index in [0.717, 1.165) is 99.3 Å². The molecule has 0 unspecified atom stereocenters. The standard InChI is InChI=1S/C24H21N5O2.C21H17N3O2.C20H15N3O2.C20H15N3O.C18H19N3O.C13H9N3O/c1-28-14-17(15-28)23(30)26-18-10-8-16(9-11-18)22-27-21-7-3-2-6-20(21)24(31)29(22)19-5-4-12-25-13-19;1-2-14-9-10-16(12-19(14)25)24-20(15-6-5-11-22-13-15)23-18-8-4-3-7-17(18)21(24)26;1-13-8-9-15(11-18(13)24)23-19(14-5-4-10-21-12-14)22-17-7-3-2-6-16(17)20(23)25;1-14-6-4-8-16(12-14)23-19(15-7-5-11-21-13-15)22-18-10-3-2-9-17(18)20(23)24;1-2-3-6-12-21-17(14-8-7-11-19-13-14)20-16-10-5-4-9-15(16)18(21)22;17-13-10-6-7-14-8-11(10)15-12(16-13)9-4-2-1-3-5-9/h2-13,17H,14-15H2,1H3,(H,26,30);3-13,25H,2H2,1H3;2-12,24H,1H3;2-13H,1H3;4-5,7-11,13H,2-3,6,12H2,1H3;1-8H,(H,15,16,17). The Hall–Kier alpha value is -19.0. The van der Waals surface area contributed by atoms with Crippen molar-refractivity contribution in [1.29, 1.82) is 0 Å². The van der Waals surface area contributed by atoms with E-state index in [1.54, 1.807) is 155 Å². The topological polar surface area (TPSA) is 370 Å². The average Bonchev–Trinajstić information content (AvgIpc) is 0.771. The van der Waals surface area contributed by atoms with Crippen molar-refractivity contribution in [1.82, 2.24) is 92.5 Å². The highest BCUT2D eigenvalue weighted by molar-refractivity contribution is 5.94. The molecule has 0 saturated carbocycles. The lowest BCUT2D eigenvalue weighted by molar-refractivity contribution is -0.124. The number of nitrogens with zero attached hydrogens (tertiary/aromatic N) is 18. The maximum absolute atomic E-state index is 13.3. The number of anilines is 1. The van der Waals surface area contributed by atoms with Crippen LogP contribution in [0.5, 0.6) is 11.5 Å². The number of aromatic amines is 1. The van der Waals surface area contributed by atoms with Gasteiger partial charge >= 0.3 is 0 Å². The number of likely N-dealkylation sites (tertiary alicyclic amines) is 1. The van der Waals surface area contributed by atoms with Crippen molar-refractivity contribution in [3.8, 4) is 103 Å². The number of unbranched alkanes of at least 4 members (excludes halogenated alkanes) is 2. The number of hydrogen-bond acceptors (Lipinski definition) is 22. The van der Waals surface area contributed by atoms with E-state index in [2.05, 4.69) is 62.0 Å². The number of benzene rings is 10. The second-order valence-electron chi connectivity index (χ2n) is 34.3. The van der Waals surface area contributed by atoms with Crippen LogP contribution in [0.25, 0.3) is 156 Å². The smallest absolute Gasteiger partial charge is 0.266 e. The predicted molar refractivity (Wildman–Crippen MR) is 568 cm³/mol. The first-order chi connectivity index (χ1) is 70.8. The predicted octanol–water partition coefficient (Wildman–Crippen LogP) is 19.5. The molecule has 1 saturated heterocycles. The Balaban J connectivity index is 0.000000115. The molecule has 714 valence electrons. The van der Waals surface area contributed by atoms with Crippen LogP contribution < -0.4 is 38.7 Å². The lowest BCUT2D eigenvalue weighted by atomic mass is 10.0. The summed E-state index contributed by atoms with van der Waals surface area (Å²) in [4.78, 5) is 147. The fraction of sp³-hybridized carbons (Fsp3) is 0.112. The third-order valence-corrected chi connectivity index (χ3v) is 24.4. The molecular weight excluding hydrogens is 1820 g/mol. The van der Waals surface area contributed by atoms with Gasteiger partial charge in [0.15, 0.2) is 0 Å². The Labute approximate surface area is 830 Å². The SMILES string of the molecule is CCCCCn1c(-c2cccnc2)nc2ccccc2c1=O.CCc1ccc(-n2c(-c3cccnc3)nc3ccccc3c2=O)cc1O.CN1CC(C(=O)Nc2ccc(-c3nc4ccccc4c(=O)n3-c3cccnc3)cc2)C1.Cc1ccc(-n2c(-c3cccnc3)nc3ccccc3c2=O)cc1O.Cc1cccc(-n2c(-c3cccnc3)nc3ccccc3c2=O)c1.O=c1[nH]c(-c2ccccc2)nc2cnccc12. The Morgan fingerprint density at radius 3 is 1.20 bits per heavy atom. The highest BCUT2D eigenvalue weighted by Gasteiger charge is 2.30. The van der Waals surface area contributed by atoms with Crippen molar-refractivity contribution >= 4 is 77.0 Å². The molecule has 13 heterocycles. The molecule has 0 bridgehead atoms. The van der Waals surface area contributed by atoms with Crippen molar-refractivity contribution in [2.24, 2.45) is 5.92 Å². The van der Waals surface area contributed by atoms with E-state index >= 15 is 0 Å². The van der Waals surface area contributed by atoms with Gasteiger partial charge in [-0.1, -0.05) is 142 Å². The van der Waals surface area contributed by atoms with Gasteiger partial charge in [-0.05, 0) is 226 Å². The van der Waals surface area contributed by atoms with E-state index in [9.17, 15) is 43.8 Å². The fourth-order valence-electron chi connectivity index (χ4n) is 16.9. The highest BCUT2D eigenvalue weighted by Crippen LogP contribution is 2.32. The quantitative estimate of drug-likeness (QED) is 0.0615. The van der Waals surface area contributed by atoms with Crippen LogP contribution in [-0.4, -0.2) is 129 Å². The molecule has 1 aliphatic heterocycles. The molecule has 0 radical (unpaired) electrons. The van der Waals surface area contributed by atoms with Crippen molar-refractivity contribution in [3.63, 3.8) is 0 Å².